The molecule has 1 N–H and O–H groups in total. The molecule has 0 aliphatic carbocycles. The van der Waals surface area contributed by atoms with Crippen molar-refractivity contribution in [3.8, 4) is 5.75 Å². The van der Waals surface area contributed by atoms with E-state index in [1.54, 1.807) is 0 Å². The summed E-state index contributed by atoms with van der Waals surface area (Å²) in [7, 11) is 4.55. The predicted molar refractivity (Wildman–Crippen MR) is 125 cm³/mol. The van der Waals surface area contributed by atoms with Crippen LogP contribution in [0.4, 0.5) is 0 Å². The van der Waals surface area contributed by atoms with Crippen molar-refractivity contribution in [3.05, 3.63) is 102 Å². The van der Waals surface area contributed by atoms with E-state index in [2.05, 4.69) is 89.9 Å². The van der Waals surface area contributed by atoms with Crippen molar-refractivity contribution >= 4 is 0 Å². The first-order valence-corrected chi connectivity index (χ1v) is 11.2. The maximum Gasteiger partial charge on any atom is 0.119 e. The van der Waals surface area contributed by atoms with Gasteiger partial charge in [0.2, 0.25) is 0 Å². The van der Waals surface area contributed by atoms with Crippen LogP contribution in [-0.4, -0.2) is 48.8 Å². The average Bonchev–Trinajstić information content (AvgIpc) is 3.36. The van der Waals surface area contributed by atoms with Gasteiger partial charge in [-0.2, -0.15) is 0 Å². The second-order valence-corrected chi connectivity index (χ2v) is 8.76. The fourth-order valence-electron chi connectivity index (χ4n) is 5.51. The number of rotatable bonds is 5. The molecule has 4 nitrogen and oxygen atoms in total. The van der Waals surface area contributed by atoms with Crippen molar-refractivity contribution in [1.29, 1.82) is 0 Å². The molecule has 3 aromatic rings. The number of nitrogens with zero attached hydrogens (tertiary/aromatic N) is 2. The SMILES string of the molecule is CN1C([C@@H]2C[C@H](Oc3ccccc3)CN2)N(C)[C@H](c2ccccc2)[C@H]1c1ccccc1. The monoisotopic (exact) mass is 413 g/mol. The van der Waals surface area contributed by atoms with E-state index in [0.717, 1.165) is 18.7 Å². The van der Waals surface area contributed by atoms with Gasteiger partial charge in [-0.1, -0.05) is 78.9 Å². The Kier molecular flexibility index (Phi) is 5.77. The summed E-state index contributed by atoms with van der Waals surface area (Å²) in [6.07, 6.45) is 1.48. The summed E-state index contributed by atoms with van der Waals surface area (Å²) in [5, 5.41) is 3.77. The van der Waals surface area contributed by atoms with Crippen LogP contribution in [0.25, 0.3) is 0 Å². The van der Waals surface area contributed by atoms with Crippen LogP contribution >= 0.6 is 0 Å². The summed E-state index contributed by atoms with van der Waals surface area (Å²) in [5.74, 6) is 0.951. The molecular weight excluding hydrogens is 382 g/mol. The number of likely N-dealkylation sites (N-methyl/N-ethyl adjacent to an activating group) is 2. The van der Waals surface area contributed by atoms with Crippen molar-refractivity contribution in [2.24, 2.45) is 0 Å². The minimum absolute atomic E-state index is 0.195. The van der Waals surface area contributed by atoms with Crippen LogP contribution in [0.5, 0.6) is 5.75 Å². The Morgan fingerprint density at radius 2 is 1.19 bits per heavy atom. The molecule has 31 heavy (non-hydrogen) atoms. The number of ether oxygens (including phenoxy) is 1. The maximum absolute atomic E-state index is 6.26. The van der Waals surface area contributed by atoms with Gasteiger partial charge in [0.1, 0.15) is 11.9 Å². The lowest BCUT2D eigenvalue weighted by Crippen LogP contribution is -2.49. The Hall–Kier alpha value is -2.66. The normalized spacial score (nSPS) is 27.5. The maximum atomic E-state index is 6.26. The average molecular weight is 414 g/mol. The first-order valence-electron chi connectivity index (χ1n) is 11.2. The van der Waals surface area contributed by atoms with Crippen molar-refractivity contribution in [1.82, 2.24) is 15.1 Å². The first kappa shape index (κ1) is 20.3. The molecule has 0 bridgehead atoms. The van der Waals surface area contributed by atoms with E-state index < -0.39 is 0 Å². The Morgan fingerprint density at radius 1 is 0.710 bits per heavy atom. The zero-order valence-electron chi connectivity index (χ0n) is 18.3. The molecule has 0 spiro atoms. The Bertz CT molecular complexity index is 914. The third kappa shape index (κ3) is 3.99. The van der Waals surface area contributed by atoms with Crippen LogP contribution in [0.2, 0.25) is 0 Å². The van der Waals surface area contributed by atoms with Gasteiger partial charge in [0, 0.05) is 19.0 Å². The van der Waals surface area contributed by atoms with Crippen molar-refractivity contribution in [2.45, 2.75) is 36.8 Å². The van der Waals surface area contributed by atoms with E-state index in [0.29, 0.717) is 24.3 Å². The van der Waals surface area contributed by atoms with E-state index in [-0.39, 0.29) is 6.10 Å². The Morgan fingerprint density at radius 3 is 1.71 bits per heavy atom. The van der Waals surface area contributed by atoms with Gasteiger partial charge < -0.3 is 10.1 Å². The molecule has 2 aliphatic rings. The van der Waals surface area contributed by atoms with Gasteiger partial charge in [-0.05, 0) is 37.4 Å². The lowest BCUT2D eigenvalue weighted by molar-refractivity contribution is 0.117. The first-order chi connectivity index (χ1) is 15.2. The van der Waals surface area contributed by atoms with Crippen LogP contribution in [0.1, 0.15) is 29.6 Å². The second kappa shape index (κ2) is 8.83. The summed E-state index contributed by atoms with van der Waals surface area (Å²) in [5.41, 5.74) is 2.73. The molecule has 2 heterocycles. The molecule has 0 amide bonds. The molecule has 5 rings (SSSR count). The van der Waals surface area contributed by atoms with Crippen molar-refractivity contribution in [2.75, 3.05) is 20.6 Å². The lowest BCUT2D eigenvalue weighted by Gasteiger charge is -2.32. The molecular formula is C27H31N3O. The van der Waals surface area contributed by atoms with Crippen LogP contribution in [0.3, 0.4) is 0 Å². The zero-order chi connectivity index (χ0) is 21.2. The van der Waals surface area contributed by atoms with Crippen LogP contribution in [0, 0.1) is 0 Å². The molecule has 2 saturated heterocycles. The lowest BCUT2D eigenvalue weighted by atomic mass is 9.93. The highest BCUT2D eigenvalue weighted by molar-refractivity contribution is 5.30. The topological polar surface area (TPSA) is 27.7 Å². The van der Waals surface area contributed by atoms with Gasteiger partial charge in [0.15, 0.2) is 0 Å². The largest absolute Gasteiger partial charge is 0.489 e. The standard InChI is InChI=1S/C27H31N3O/c1-29-25(20-12-6-3-7-13-20)26(21-14-8-4-9-15-21)30(2)27(29)24-18-23(19-28-24)31-22-16-10-5-11-17-22/h3-17,23-28H,18-19H2,1-2H3/t23-,24-,25+,26+/m0/s1. The summed E-state index contributed by atoms with van der Waals surface area (Å²) in [4.78, 5) is 5.10. The second-order valence-electron chi connectivity index (χ2n) is 8.76. The third-order valence-corrected chi connectivity index (χ3v) is 6.82. The van der Waals surface area contributed by atoms with Crippen LogP contribution < -0.4 is 10.1 Å². The number of benzene rings is 3. The highest BCUT2D eigenvalue weighted by atomic mass is 16.5. The van der Waals surface area contributed by atoms with E-state index >= 15 is 0 Å². The summed E-state index contributed by atoms with van der Waals surface area (Å²) < 4.78 is 6.26. The number of hydrogen-bond donors (Lipinski definition) is 1. The van der Waals surface area contributed by atoms with Gasteiger partial charge >= 0.3 is 0 Å². The molecule has 2 aliphatic heterocycles. The molecule has 0 aromatic heterocycles. The van der Waals surface area contributed by atoms with E-state index in [1.165, 1.54) is 11.1 Å². The fourth-order valence-corrected chi connectivity index (χ4v) is 5.51. The summed E-state index contributed by atoms with van der Waals surface area (Å²) >= 11 is 0. The summed E-state index contributed by atoms with van der Waals surface area (Å²) in [6.45, 7) is 0.879. The third-order valence-electron chi connectivity index (χ3n) is 6.82. The van der Waals surface area contributed by atoms with E-state index in [9.17, 15) is 0 Å². The fraction of sp³-hybridized carbons (Fsp3) is 0.333. The van der Waals surface area contributed by atoms with Crippen LogP contribution in [-0.2, 0) is 0 Å². The van der Waals surface area contributed by atoms with Crippen molar-refractivity contribution in [3.63, 3.8) is 0 Å². The van der Waals surface area contributed by atoms with Crippen molar-refractivity contribution < 1.29 is 4.74 Å². The predicted octanol–water partition coefficient (Wildman–Crippen LogP) is 4.48. The summed E-state index contributed by atoms with van der Waals surface area (Å²) in [6, 6.07) is 33.0. The molecule has 3 aromatic carbocycles. The zero-order valence-corrected chi connectivity index (χ0v) is 18.3. The molecule has 0 unspecified atom stereocenters. The Labute approximate surface area is 185 Å². The van der Waals surface area contributed by atoms with Crippen LogP contribution in [0.15, 0.2) is 91.0 Å². The van der Waals surface area contributed by atoms with Gasteiger partial charge in [0.25, 0.3) is 0 Å². The van der Waals surface area contributed by atoms with Gasteiger partial charge in [-0.3, -0.25) is 9.80 Å². The molecule has 0 radical (unpaired) electrons. The number of nitrogens with one attached hydrogen (secondary N) is 1. The van der Waals surface area contributed by atoms with Gasteiger partial charge in [0.05, 0.1) is 18.2 Å². The quantitative estimate of drug-likeness (QED) is 0.667. The molecule has 2 fully saturated rings. The van der Waals surface area contributed by atoms with Gasteiger partial charge in [-0.25, -0.2) is 0 Å². The smallest absolute Gasteiger partial charge is 0.119 e. The minimum Gasteiger partial charge on any atom is -0.489 e. The molecule has 4 heteroatoms. The van der Waals surface area contributed by atoms with E-state index in [1.807, 2.05) is 30.3 Å². The molecule has 0 saturated carbocycles. The number of para-hydroxylation sites is 1. The minimum atomic E-state index is 0.195. The highest BCUT2D eigenvalue weighted by Crippen LogP contribution is 2.46. The van der Waals surface area contributed by atoms with E-state index in [4.69, 9.17) is 4.74 Å². The van der Waals surface area contributed by atoms with Gasteiger partial charge in [-0.15, -0.1) is 0 Å². The highest BCUT2D eigenvalue weighted by Gasteiger charge is 2.49. The number of hydrogen-bond acceptors (Lipinski definition) is 4. The molecule has 160 valence electrons. The molecule has 4 atom stereocenters. The Balaban J connectivity index is 1.40.